The van der Waals surface area contributed by atoms with Gasteiger partial charge in [-0.3, -0.25) is 4.79 Å². The summed E-state index contributed by atoms with van der Waals surface area (Å²) in [5, 5.41) is 23.2. The van der Waals surface area contributed by atoms with Gasteiger partial charge in [-0.15, -0.1) is 0 Å². The highest BCUT2D eigenvalue weighted by Crippen LogP contribution is 2.34. The molecule has 0 aliphatic rings. The Morgan fingerprint density at radius 2 is 2.13 bits per heavy atom. The van der Waals surface area contributed by atoms with Gasteiger partial charge >= 0.3 is 5.97 Å². The molecular weight excluding hydrogens is 418 g/mol. The largest absolute Gasteiger partial charge is 0.479 e. The predicted molar refractivity (Wildman–Crippen MR) is 105 cm³/mol. The zero-order valence-corrected chi connectivity index (χ0v) is 17.0. The van der Waals surface area contributed by atoms with Gasteiger partial charge in [-0.25, -0.2) is 4.98 Å². The Labute approximate surface area is 176 Å². The van der Waals surface area contributed by atoms with Crippen molar-refractivity contribution in [3.8, 4) is 5.75 Å². The van der Waals surface area contributed by atoms with E-state index in [0.717, 1.165) is 0 Å². The highest BCUT2D eigenvalue weighted by atomic mass is 35.5. The van der Waals surface area contributed by atoms with E-state index < -0.39 is 30.8 Å². The van der Waals surface area contributed by atoms with Crippen molar-refractivity contribution in [2.24, 2.45) is 5.73 Å². The van der Waals surface area contributed by atoms with Gasteiger partial charge < -0.3 is 34.4 Å². The van der Waals surface area contributed by atoms with E-state index in [4.69, 9.17) is 46.0 Å². The number of halogens is 1. The molecule has 3 aromatic rings. The van der Waals surface area contributed by atoms with Crippen LogP contribution in [-0.2, 0) is 16.0 Å². The van der Waals surface area contributed by atoms with E-state index in [-0.39, 0.29) is 19.4 Å². The number of hydrogen-bond acceptors (Lipinski definition) is 10. The molecule has 0 saturated carbocycles. The van der Waals surface area contributed by atoms with Crippen LogP contribution in [-0.4, -0.2) is 51.7 Å². The molecule has 162 valence electrons. The van der Waals surface area contributed by atoms with Gasteiger partial charge in [0.05, 0.1) is 42.1 Å². The molecule has 0 amide bonds. The van der Waals surface area contributed by atoms with E-state index in [2.05, 4.69) is 10.1 Å². The van der Waals surface area contributed by atoms with Crippen molar-refractivity contribution in [3.05, 3.63) is 41.2 Å². The van der Waals surface area contributed by atoms with Crippen molar-refractivity contribution in [1.29, 1.82) is 0 Å². The normalized spacial score (nSPS) is 12.8. The highest BCUT2D eigenvalue weighted by molar-refractivity contribution is 6.32. The molecule has 0 radical (unpaired) electrons. The van der Waals surface area contributed by atoms with Crippen molar-refractivity contribution < 1.29 is 33.4 Å². The first-order valence-electron chi connectivity index (χ1n) is 9.15. The molecule has 10 nitrogen and oxygen atoms in total. The Bertz CT molecular complexity index is 986. The first-order valence-corrected chi connectivity index (χ1v) is 9.53. The number of esters is 1. The van der Waals surface area contributed by atoms with E-state index in [1.165, 1.54) is 12.5 Å². The van der Waals surface area contributed by atoms with Gasteiger partial charge in [0.2, 0.25) is 5.89 Å². The number of benzene rings is 1. The average molecular weight is 440 g/mol. The molecule has 2 heterocycles. The molecule has 1 unspecified atom stereocenters. The lowest BCUT2D eigenvalue weighted by molar-refractivity contribution is -0.146. The molecule has 0 fully saturated rings. The second kappa shape index (κ2) is 9.43. The van der Waals surface area contributed by atoms with E-state index >= 15 is 0 Å². The zero-order chi connectivity index (χ0) is 21.7. The summed E-state index contributed by atoms with van der Waals surface area (Å²) in [5.41, 5.74) is 5.26. The standard InChI is InChI=1S/C19H22ClN3O7/c1-11(18-22-4-5-27-18)29-16-7-15-12(6-13(16)20)14(23-30-15)2-3-17(26)28-10-19(21,8-24)9-25/h4-7,11,24-25H,2-3,8-10,21H2,1H3. The number of nitrogens with zero attached hydrogens (tertiary/aromatic N) is 2. The van der Waals surface area contributed by atoms with Crippen LogP contribution >= 0.6 is 11.6 Å². The number of ether oxygens (including phenoxy) is 2. The van der Waals surface area contributed by atoms with Crippen LogP contribution in [0.5, 0.6) is 5.75 Å². The molecule has 0 saturated heterocycles. The Hall–Kier alpha value is -2.66. The van der Waals surface area contributed by atoms with Gasteiger partial charge in [0, 0.05) is 17.9 Å². The molecule has 2 aromatic heterocycles. The molecular formula is C19H22ClN3O7. The second-order valence-corrected chi connectivity index (χ2v) is 7.28. The van der Waals surface area contributed by atoms with Crippen LogP contribution in [0.1, 0.15) is 31.0 Å². The van der Waals surface area contributed by atoms with Crippen LogP contribution in [0.25, 0.3) is 11.0 Å². The maximum atomic E-state index is 11.9. The number of oxazole rings is 1. The minimum atomic E-state index is -1.37. The molecule has 1 atom stereocenters. The number of aryl methyl sites for hydroxylation is 1. The topological polar surface area (TPSA) is 154 Å². The zero-order valence-electron chi connectivity index (χ0n) is 16.2. The third-order valence-corrected chi connectivity index (χ3v) is 4.71. The van der Waals surface area contributed by atoms with Gasteiger partial charge in [0.25, 0.3) is 0 Å². The molecule has 4 N–H and O–H groups in total. The molecule has 30 heavy (non-hydrogen) atoms. The van der Waals surface area contributed by atoms with Gasteiger partial charge in [-0.2, -0.15) is 0 Å². The summed E-state index contributed by atoms with van der Waals surface area (Å²) in [6.07, 6.45) is 2.76. The number of rotatable bonds is 10. The lowest BCUT2D eigenvalue weighted by atomic mass is 10.1. The number of aliphatic hydroxyl groups excluding tert-OH is 2. The van der Waals surface area contributed by atoms with Crippen molar-refractivity contribution in [2.75, 3.05) is 19.8 Å². The number of carbonyl (C=O) groups excluding carboxylic acids is 1. The van der Waals surface area contributed by atoms with Crippen LogP contribution in [0.15, 0.2) is 33.5 Å². The Balaban J connectivity index is 1.64. The SMILES string of the molecule is CC(Oc1cc2onc(CCC(=O)OCC(N)(CO)CO)c2cc1Cl)c1ncco1. The van der Waals surface area contributed by atoms with Crippen LogP contribution in [0.3, 0.4) is 0 Å². The van der Waals surface area contributed by atoms with Crippen LogP contribution in [0.2, 0.25) is 5.02 Å². The smallest absolute Gasteiger partial charge is 0.306 e. The summed E-state index contributed by atoms with van der Waals surface area (Å²) in [7, 11) is 0. The maximum Gasteiger partial charge on any atom is 0.306 e. The van der Waals surface area contributed by atoms with E-state index in [1.54, 1.807) is 19.1 Å². The number of carbonyl (C=O) groups is 1. The van der Waals surface area contributed by atoms with E-state index in [1.807, 2.05) is 0 Å². The highest BCUT2D eigenvalue weighted by Gasteiger charge is 2.25. The van der Waals surface area contributed by atoms with Crippen LogP contribution in [0, 0.1) is 0 Å². The van der Waals surface area contributed by atoms with Gasteiger partial charge in [0.1, 0.15) is 18.6 Å². The first kappa shape index (κ1) is 22.0. The molecule has 0 bridgehead atoms. The summed E-state index contributed by atoms with van der Waals surface area (Å²) >= 11 is 6.33. The van der Waals surface area contributed by atoms with E-state index in [0.29, 0.717) is 33.3 Å². The van der Waals surface area contributed by atoms with Crippen molar-refractivity contribution in [1.82, 2.24) is 10.1 Å². The molecule has 0 aliphatic carbocycles. The lowest BCUT2D eigenvalue weighted by Gasteiger charge is -2.23. The van der Waals surface area contributed by atoms with Gasteiger partial charge in [-0.1, -0.05) is 16.8 Å². The fourth-order valence-corrected chi connectivity index (χ4v) is 2.80. The molecule has 0 spiro atoms. The van der Waals surface area contributed by atoms with E-state index in [9.17, 15) is 4.79 Å². The number of aromatic nitrogens is 2. The summed E-state index contributed by atoms with van der Waals surface area (Å²) < 4.78 is 21.4. The monoisotopic (exact) mass is 439 g/mol. The minimum absolute atomic E-state index is 0.00559. The summed E-state index contributed by atoms with van der Waals surface area (Å²) in [6.45, 7) is 0.450. The van der Waals surface area contributed by atoms with Gasteiger partial charge in [0.15, 0.2) is 11.7 Å². The number of fused-ring (bicyclic) bond motifs is 1. The number of aliphatic hydroxyl groups is 2. The maximum absolute atomic E-state index is 11.9. The number of nitrogens with two attached hydrogens (primary N) is 1. The Morgan fingerprint density at radius 3 is 2.80 bits per heavy atom. The molecule has 1 aromatic carbocycles. The second-order valence-electron chi connectivity index (χ2n) is 6.88. The first-order chi connectivity index (χ1) is 14.3. The molecule has 3 rings (SSSR count). The fraction of sp³-hybridized carbons (Fsp3) is 0.421. The fourth-order valence-electron chi connectivity index (χ4n) is 2.59. The third kappa shape index (κ3) is 5.08. The van der Waals surface area contributed by atoms with Crippen LogP contribution < -0.4 is 10.5 Å². The molecule has 0 aliphatic heterocycles. The third-order valence-electron chi connectivity index (χ3n) is 4.42. The summed E-state index contributed by atoms with van der Waals surface area (Å²) in [6, 6.07) is 3.26. The van der Waals surface area contributed by atoms with Crippen molar-refractivity contribution in [3.63, 3.8) is 0 Å². The van der Waals surface area contributed by atoms with Crippen LogP contribution in [0.4, 0.5) is 0 Å². The van der Waals surface area contributed by atoms with Gasteiger partial charge in [-0.05, 0) is 13.0 Å². The lowest BCUT2D eigenvalue weighted by Crippen LogP contribution is -2.51. The Kier molecular flexibility index (Phi) is 6.93. The molecule has 11 heteroatoms. The summed E-state index contributed by atoms with van der Waals surface area (Å²) in [5.74, 6) is 0.241. The van der Waals surface area contributed by atoms with Crippen molar-refractivity contribution >= 4 is 28.5 Å². The summed E-state index contributed by atoms with van der Waals surface area (Å²) in [4.78, 5) is 16.0. The van der Waals surface area contributed by atoms with Crippen molar-refractivity contribution in [2.45, 2.75) is 31.4 Å². The minimum Gasteiger partial charge on any atom is -0.479 e. The number of hydrogen-bond donors (Lipinski definition) is 3. The Morgan fingerprint density at radius 1 is 1.37 bits per heavy atom. The average Bonchev–Trinajstić information content (AvgIpc) is 3.41. The predicted octanol–water partition coefficient (Wildman–Crippen LogP) is 1.77. The quantitative estimate of drug-likeness (QED) is 0.398.